The highest BCUT2D eigenvalue weighted by Gasteiger charge is 2.37. The van der Waals surface area contributed by atoms with E-state index in [-0.39, 0.29) is 112 Å². The molecule has 1 fully saturated rings. The lowest BCUT2D eigenvalue weighted by Crippen LogP contribution is -2.62. The Labute approximate surface area is 450 Å². The summed E-state index contributed by atoms with van der Waals surface area (Å²) in [6, 6.07) is -11.0. The minimum absolute atomic E-state index is 0.00585. The van der Waals surface area contributed by atoms with Gasteiger partial charge in [0.25, 0.3) is 0 Å². The summed E-state index contributed by atoms with van der Waals surface area (Å²) in [5.74, 6) is -8.62. The van der Waals surface area contributed by atoms with Crippen molar-refractivity contribution in [3.05, 3.63) is 0 Å². The van der Waals surface area contributed by atoms with Crippen LogP contribution in [0.5, 0.6) is 0 Å². The number of guanidine groups is 2. The molecule has 0 spiro atoms. The number of aliphatic imine (C=N–C) groups is 2. The molecule has 22 N–H and O–H groups in total. The van der Waals surface area contributed by atoms with Crippen molar-refractivity contribution >= 4 is 82.8 Å². The predicted octanol–water partition coefficient (Wildman–Crippen LogP) is -3.63. The predicted molar refractivity (Wildman–Crippen MR) is 291 cm³/mol. The third-order valence-corrected chi connectivity index (χ3v) is 13.2. The first-order valence-corrected chi connectivity index (χ1v) is 27.2. The smallest absolute Gasteiger partial charge is 0.244 e. The van der Waals surface area contributed by atoms with Crippen molar-refractivity contribution in [1.82, 2.24) is 42.5 Å². The molecule has 0 aromatic heterocycles. The fourth-order valence-electron chi connectivity index (χ4n) is 7.82. The van der Waals surface area contributed by atoms with Crippen molar-refractivity contribution < 1.29 is 47.9 Å². The summed E-state index contributed by atoms with van der Waals surface area (Å²) in [5, 5.41) is 21.7. The van der Waals surface area contributed by atoms with Crippen LogP contribution in [0.4, 0.5) is 0 Å². The maximum atomic E-state index is 14.5. The van der Waals surface area contributed by atoms with Crippen LogP contribution in [0.2, 0.25) is 0 Å². The maximum absolute atomic E-state index is 14.5. The van der Waals surface area contributed by atoms with E-state index in [1.165, 1.54) is 11.8 Å². The third-order valence-electron chi connectivity index (χ3n) is 12.1. The normalized spacial score (nSPS) is 19.9. The van der Waals surface area contributed by atoms with Crippen molar-refractivity contribution in [1.29, 1.82) is 0 Å². The zero-order valence-corrected chi connectivity index (χ0v) is 46.4. The van der Waals surface area contributed by atoms with Crippen LogP contribution < -0.4 is 82.7 Å². The van der Waals surface area contributed by atoms with E-state index >= 15 is 0 Å². The van der Waals surface area contributed by atoms with E-state index in [0.717, 1.165) is 0 Å². The molecule has 0 aliphatic carbocycles. The molecule has 10 amide bonds. The summed E-state index contributed by atoms with van der Waals surface area (Å²) in [4.78, 5) is 144. The van der Waals surface area contributed by atoms with Crippen LogP contribution in [-0.2, 0) is 47.9 Å². The third kappa shape index (κ3) is 26.9. The highest BCUT2D eigenvalue weighted by atomic mass is 32.2. The SMILES string of the molecule is CC[C@H](C)[C@@H]1NC(=O)[C@H](NC(=O)[C@@H](N)CCCN=C(N)N)CCSC[C@@H](C(=O)N[C@@H](CCCN=C(N)N)C(=O)N[C@@H](CC(C)C)C(=O)N[C@@H](CC(C)C)C(=O)N[C@@H](CCC(N)=O)C(N)=O)NC(=O)[C@H](CC(C)C)NC1=O. The van der Waals surface area contributed by atoms with E-state index in [2.05, 4.69) is 52.5 Å². The van der Waals surface area contributed by atoms with Gasteiger partial charge in [0.05, 0.1) is 6.04 Å². The van der Waals surface area contributed by atoms with Crippen molar-refractivity contribution in [2.75, 3.05) is 24.6 Å². The van der Waals surface area contributed by atoms with Gasteiger partial charge in [0, 0.05) is 25.3 Å². The van der Waals surface area contributed by atoms with E-state index in [0.29, 0.717) is 12.8 Å². The summed E-state index contributed by atoms with van der Waals surface area (Å²) in [6.07, 6.45) is 1.02. The minimum Gasteiger partial charge on any atom is -0.370 e. The van der Waals surface area contributed by atoms with E-state index in [4.69, 9.17) is 40.1 Å². The van der Waals surface area contributed by atoms with Gasteiger partial charge in [0.15, 0.2) is 11.9 Å². The van der Waals surface area contributed by atoms with Gasteiger partial charge in [-0.1, -0.05) is 61.8 Å². The first-order valence-electron chi connectivity index (χ1n) is 26.0. The molecule has 0 radical (unpaired) electrons. The molecule has 1 aliphatic rings. The number of primary amides is 2. The summed E-state index contributed by atoms with van der Waals surface area (Å²) in [7, 11) is 0. The summed E-state index contributed by atoms with van der Waals surface area (Å²) < 4.78 is 0. The van der Waals surface area contributed by atoms with Crippen LogP contribution in [0.15, 0.2) is 9.98 Å². The number of amides is 10. The van der Waals surface area contributed by atoms with Crippen molar-refractivity contribution in [2.45, 2.75) is 180 Å². The Morgan fingerprint density at radius 1 is 0.632 bits per heavy atom. The number of carbonyl (C=O) groups excluding carboxylic acids is 10. The highest BCUT2D eigenvalue weighted by molar-refractivity contribution is 7.99. The number of thioether (sulfide) groups is 1. The second-order valence-corrected chi connectivity index (χ2v) is 21.6. The Hall–Kier alpha value is -6.45. The Kier molecular flexibility index (Phi) is 31.1. The van der Waals surface area contributed by atoms with Gasteiger partial charge in [-0.2, -0.15) is 11.8 Å². The monoisotopic (exact) mass is 1100 g/mol. The fourth-order valence-corrected chi connectivity index (χ4v) is 8.85. The number of hydrogen-bond donors (Lipinski definition) is 15. The maximum Gasteiger partial charge on any atom is 0.244 e. The number of nitrogens with zero attached hydrogens (tertiary/aromatic N) is 2. The first kappa shape index (κ1) is 67.6. The zero-order chi connectivity index (χ0) is 57.8. The summed E-state index contributed by atoms with van der Waals surface area (Å²) >= 11 is 1.17. The lowest BCUT2D eigenvalue weighted by atomic mass is 9.96. The molecule has 0 bridgehead atoms. The molecule has 1 aliphatic heterocycles. The molecule has 0 aromatic rings. The number of nitrogens with two attached hydrogens (primary N) is 7. The van der Waals surface area contributed by atoms with E-state index < -0.39 is 119 Å². The first-order chi connectivity index (χ1) is 35.6. The van der Waals surface area contributed by atoms with Crippen molar-refractivity contribution in [3.8, 4) is 0 Å². The van der Waals surface area contributed by atoms with Crippen LogP contribution in [0, 0.1) is 23.7 Å². The molecule has 1 rings (SSSR count). The van der Waals surface area contributed by atoms with Crippen LogP contribution in [-0.4, -0.2) is 150 Å². The Morgan fingerprint density at radius 3 is 1.64 bits per heavy atom. The van der Waals surface area contributed by atoms with Gasteiger partial charge in [-0.3, -0.25) is 57.9 Å². The molecule has 0 saturated carbocycles. The standard InChI is InChI=1S/C48H89N17O10S/c1-9-27(8)37-46(75)63-34(22-26(6)7)44(73)64-35(23-76-19-16-31(41(70)65-37)59-39(68)28(49)12-10-17-56-47(52)53)45(74)60-30(13-11-18-57-48(54)55)40(69)61-33(21-25(4)5)43(72)62-32(20-24(2)3)42(71)58-29(38(51)67)14-15-36(50)66/h24-35,37H,9-23,49H2,1-8H3,(H2,50,66)(H2,51,67)(H,58,71)(H,59,68)(H,60,74)(H,61,69)(H,62,72)(H,63,75)(H,64,73)(H,65,70)(H4,52,53,56)(H4,54,55,57)/t27-,28-,29-,30-,31+,32-,33-,34-,35-,37-/m0/s1. The molecule has 432 valence electrons. The van der Waals surface area contributed by atoms with Gasteiger partial charge in [0.1, 0.15) is 48.3 Å². The second-order valence-electron chi connectivity index (χ2n) is 20.5. The van der Waals surface area contributed by atoms with Crippen LogP contribution in [0.25, 0.3) is 0 Å². The van der Waals surface area contributed by atoms with E-state index in [1.807, 2.05) is 20.8 Å². The van der Waals surface area contributed by atoms with Gasteiger partial charge in [-0.25, -0.2) is 0 Å². The van der Waals surface area contributed by atoms with Gasteiger partial charge in [-0.15, -0.1) is 0 Å². The lowest BCUT2D eigenvalue weighted by Gasteiger charge is -2.31. The van der Waals surface area contributed by atoms with Crippen LogP contribution in [0.1, 0.15) is 126 Å². The molecule has 10 atom stereocenters. The molecular formula is C48H89N17O10S. The molecule has 28 heteroatoms. The van der Waals surface area contributed by atoms with Crippen LogP contribution in [0.3, 0.4) is 0 Å². The van der Waals surface area contributed by atoms with Crippen molar-refractivity contribution in [2.24, 2.45) is 73.8 Å². The average molecular weight is 1100 g/mol. The molecule has 0 aromatic carbocycles. The Bertz CT molecular complexity index is 2020. The summed E-state index contributed by atoms with van der Waals surface area (Å²) in [6.45, 7) is 14.7. The Balaban J connectivity index is 3.70. The number of hydrogen-bond acceptors (Lipinski definition) is 14. The van der Waals surface area contributed by atoms with Gasteiger partial charge >= 0.3 is 0 Å². The highest BCUT2D eigenvalue weighted by Crippen LogP contribution is 2.16. The molecule has 1 heterocycles. The minimum atomic E-state index is -1.36. The summed E-state index contributed by atoms with van der Waals surface area (Å²) in [5.41, 5.74) is 38.8. The molecule has 27 nitrogen and oxygen atoms in total. The molecule has 0 unspecified atom stereocenters. The van der Waals surface area contributed by atoms with Crippen LogP contribution >= 0.6 is 11.8 Å². The van der Waals surface area contributed by atoms with Crippen molar-refractivity contribution in [3.63, 3.8) is 0 Å². The second kappa shape index (κ2) is 35.0. The number of rotatable bonds is 30. The van der Waals surface area contributed by atoms with E-state index in [1.54, 1.807) is 34.6 Å². The topological polar surface area (TPSA) is 474 Å². The number of nitrogens with one attached hydrogen (secondary N) is 8. The van der Waals surface area contributed by atoms with Gasteiger partial charge < -0.3 is 82.7 Å². The average Bonchev–Trinajstić information content (AvgIpc) is 3.32. The van der Waals surface area contributed by atoms with E-state index in [9.17, 15) is 47.9 Å². The zero-order valence-electron chi connectivity index (χ0n) is 45.5. The largest absolute Gasteiger partial charge is 0.370 e. The number of carbonyl (C=O) groups is 10. The lowest BCUT2D eigenvalue weighted by molar-refractivity contribution is -0.136. The fraction of sp³-hybridized carbons (Fsp3) is 0.750. The molecule has 1 saturated heterocycles. The Morgan fingerprint density at radius 2 is 1.16 bits per heavy atom. The molecular weight excluding hydrogens is 1010 g/mol. The molecule has 76 heavy (non-hydrogen) atoms. The van der Waals surface area contributed by atoms with Gasteiger partial charge in [-0.05, 0) is 87.2 Å². The quantitative estimate of drug-likeness (QED) is 0.0188. The van der Waals surface area contributed by atoms with Gasteiger partial charge in [0.2, 0.25) is 59.1 Å².